The lowest BCUT2D eigenvalue weighted by Gasteiger charge is -2.26. The molecule has 0 fully saturated rings. The second-order valence-electron chi connectivity index (χ2n) is 5.39. The van der Waals surface area contributed by atoms with Gasteiger partial charge in [-0.25, -0.2) is 4.79 Å². The number of aromatic hydroxyl groups is 1. The molecule has 0 heterocycles. The molecule has 2 N–H and O–H groups in total. The average Bonchev–Trinajstić information content (AvgIpc) is 2.56. The molecule has 0 saturated heterocycles. The quantitative estimate of drug-likeness (QED) is 0.874. The molecule has 0 bridgehead atoms. The van der Waals surface area contributed by atoms with E-state index in [1.165, 1.54) is 7.11 Å². The van der Waals surface area contributed by atoms with E-state index in [4.69, 9.17) is 4.74 Å². The molecule has 0 aliphatic rings. The molecule has 0 aromatic heterocycles. The van der Waals surface area contributed by atoms with Crippen LogP contribution >= 0.6 is 0 Å². The summed E-state index contributed by atoms with van der Waals surface area (Å²) in [4.78, 5) is 11.3. The number of hydrogen-bond donors (Lipinski definition) is 2. The van der Waals surface area contributed by atoms with Gasteiger partial charge >= 0.3 is 5.97 Å². The van der Waals surface area contributed by atoms with Gasteiger partial charge in [-0.05, 0) is 35.4 Å². The van der Waals surface area contributed by atoms with Crippen LogP contribution < -0.4 is 4.74 Å². The van der Waals surface area contributed by atoms with Crippen LogP contribution in [0.2, 0.25) is 0 Å². The minimum absolute atomic E-state index is 0.141. The summed E-state index contributed by atoms with van der Waals surface area (Å²) in [6.45, 7) is 8.01. The summed E-state index contributed by atoms with van der Waals surface area (Å²) in [5.74, 6) is -0.474. The van der Waals surface area contributed by atoms with E-state index >= 15 is 0 Å². The van der Waals surface area contributed by atoms with Crippen molar-refractivity contribution in [1.29, 1.82) is 0 Å². The Morgan fingerprint density at radius 1 is 1.00 bits per heavy atom. The van der Waals surface area contributed by atoms with Crippen molar-refractivity contribution in [2.24, 2.45) is 0 Å². The zero-order chi connectivity index (χ0) is 17.6. The number of carboxylic acids is 1. The molecule has 124 valence electrons. The van der Waals surface area contributed by atoms with Crippen LogP contribution in [0.1, 0.15) is 49.2 Å². The predicted octanol–water partition coefficient (Wildman–Crippen LogP) is 4.45. The van der Waals surface area contributed by atoms with Gasteiger partial charge in [0.1, 0.15) is 17.1 Å². The number of hydrogen-bond acceptors (Lipinski definition) is 3. The number of ether oxygens (including phenoxy) is 1. The number of benzene rings is 2. The molecule has 0 aliphatic carbocycles. The standard InChI is InChI=1S/C17H18O4.C2H6/c1-17(2,11-4-7-13(18)8-5-11)12-6-9-15(21-3)14(10-12)16(19)20;1-2/h4-10,18H,1-3H3,(H,19,20);1-2H3. The Hall–Kier alpha value is -2.49. The summed E-state index contributed by atoms with van der Waals surface area (Å²) in [6, 6.07) is 12.1. The molecule has 0 unspecified atom stereocenters. The molecule has 2 aromatic rings. The van der Waals surface area contributed by atoms with Gasteiger partial charge in [0.25, 0.3) is 0 Å². The third kappa shape index (κ3) is 4.03. The first-order valence-corrected chi connectivity index (χ1v) is 7.57. The van der Waals surface area contributed by atoms with Gasteiger partial charge in [0, 0.05) is 5.41 Å². The van der Waals surface area contributed by atoms with Gasteiger partial charge in [-0.15, -0.1) is 0 Å². The molecule has 2 aromatic carbocycles. The SMILES string of the molecule is CC.COc1ccc(C(C)(C)c2ccc(O)cc2)cc1C(=O)O. The van der Waals surface area contributed by atoms with Crippen LogP contribution in [0, 0.1) is 0 Å². The highest BCUT2D eigenvalue weighted by molar-refractivity contribution is 5.91. The van der Waals surface area contributed by atoms with Gasteiger partial charge in [-0.2, -0.15) is 0 Å². The molecule has 0 aliphatic heterocycles. The summed E-state index contributed by atoms with van der Waals surface area (Å²) >= 11 is 0. The van der Waals surface area contributed by atoms with Crippen molar-refractivity contribution in [2.75, 3.05) is 7.11 Å². The molecule has 2 rings (SSSR count). The van der Waals surface area contributed by atoms with Crippen molar-refractivity contribution in [2.45, 2.75) is 33.1 Å². The summed E-state index contributed by atoms with van der Waals surface area (Å²) in [5.41, 5.74) is 1.61. The number of phenolic OH excluding ortho intramolecular Hbond substituents is 1. The fourth-order valence-corrected chi connectivity index (χ4v) is 2.31. The Morgan fingerprint density at radius 2 is 1.52 bits per heavy atom. The lowest BCUT2D eigenvalue weighted by Crippen LogP contribution is -2.19. The van der Waals surface area contributed by atoms with Gasteiger partial charge in [0.05, 0.1) is 7.11 Å². The van der Waals surface area contributed by atoms with Gasteiger partial charge < -0.3 is 14.9 Å². The molecule has 0 spiro atoms. The maximum atomic E-state index is 11.3. The van der Waals surface area contributed by atoms with Crippen molar-refractivity contribution in [3.05, 3.63) is 59.2 Å². The number of phenols is 1. The molecule has 0 atom stereocenters. The van der Waals surface area contributed by atoms with Crippen molar-refractivity contribution in [3.63, 3.8) is 0 Å². The highest BCUT2D eigenvalue weighted by atomic mass is 16.5. The van der Waals surface area contributed by atoms with E-state index in [9.17, 15) is 15.0 Å². The van der Waals surface area contributed by atoms with Crippen molar-refractivity contribution >= 4 is 5.97 Å². The van der Waals surface area contributed by atoms with Gasteiger partial charge in [0.15, 0.2) is 0 Å². The van der Waals surface area contributed by atoms with Gasteiger partial charge in [-0.3, -0.25) is 0 Å². The zero-order valence-electron chi connectivity index (χ0n) is 14.3. The second-order valence-corrected chi connectivity index (χ2v) is 5.39. The van der Waals surface area contributed by atoms with E-state index in [0.717, 1.165) is 11.1 Å². The van der Waals surface area contributed by atoms with Crippen LogP contribution in [-0.2, 0) is 5.41 Å². The fourth-order valence-electron chi connectivity index (χ4n) is 2.31. The Balaban J connectivity index is 0.00000127. The van der Waals surface area contributed by atoms with E-state index in [0.29, 0.717) is 5.75 Å². The van der Waals surface area contributed by atoms with E-state index < -0.39 is 5.97 Å². The predicted molar refractivity (Wildman–Crippen MR) is 91.5 cm³/mol. The van der Waals surface area contributed by atoms with E-state index in [2.05, 4.69) is 0 Å². The first-order chi connectivity index (χ1) is 10.9. The maximum Gasteiger partial charge on any atom is 0.339 e. The molecule has 0 radical (unpaired) electrons. The van der Waals surface area contributed by atoms with Crippen LogP contribution in [0.5, 0.6) is 11.5 Å². The topological polar surface area (TPSA) is 66.8 Å². The first kappa shape index (κ1) is 18.6. The largest absolute Gasteiger partial charge is 0.508 e. The summed E-state index contributed by atoms with van der Waals surface area (Å²) in [7, 11) is 1.45. The number of carboxylic acid groups (broad SMARTS) is 1. The fraction of sp³-hybridized carbons (Fsp3) is 0.316. The Bertz CT molecular complexity index is 658. The van der Waals surface area contributed by atoms with E-state index in [-0.39, 0.29) is 16.7 Å². The third-order valence-electron chi connectivity index (χ3n) is 3.74. The second kappa shape index (κ2) is 7.68. The minimum atomic E-state index is -1.02. The van der Waals surface area contributed by atoms with Crippen molar-refractivity contribution in [3.8, 4) is 11.5 Å². The molecule has 23 heavy (non-hydrogen) atoms. The molecular weight excluding hydrogens is 292 g/mol. The van der Waals surface area contributed by atoms with Crippen LogP contribution in [0.4, 0.5) is 0 Å². The Kier molecular flexibility index (Phi) is 6.19. The number of aromatic carboxylic acids is 1. The number of methoxy groups -OCH3 is 1. The number of rotatable bonds is 4. The Morgan fingerprint density at radius 3 is 2.00 bits per heavy atom. The zero-order valence-corrected chi connectivity index (χ0v) is 14.3. The van der Waals surface area contributed by atoms with Gasteiger partial charge in [0.2, 0.25) is 0 Å². The van der Waals surface area contributed by atoms with Crippen LogP contribution in [0.25, 0.3) is 0 Å². The lowest BCUT2D eigenvalue weighted by molar-refractivity contribution is 0.0693. The van der Waals surface area contributed by atoms with Crippen LogP contribution in [0.3, 0.4) is 0 Å². The molecule has 0 amide bonds. The molecule has 0 saturated carbocycles. The highest BCUT2D eigenvalue weighted by Crippen LogP contribution is 2.34. The lowest BCUT2D eigenvalue weighted by atomic mass is 9.77. The first-order valence-electron chi connectivity index (χ1n) is 7.57. The third-order valence-corrected chi connectivity index (χ3v) is 3.74. The van der Waals surface area contributed by atoms with Crippen LogP contribution in [-0.4, -0.2) is 23.3 Å². The smallest absolute Gasteiger partial charge is 0.339 e. The van der Waals surface area contributed by atoms with E-state index in [1.807, 2.05) is 45.9 Å². The molecular formula is C19H24O4. The normalized spacial score (nSPS) is 10.5. The van der Waals surface area contributed by atoms with Gasteiger partial charge in [-0.1, -0.05) is 45.9 Å². The van der Waals surface area contributed by atoms with Crippen molar-refractivity contribution in [1.82, 2.24) is 0 Å². The average molecular weight is 316 g/mol. The maximum absolute atomic E-state index is 11.3. The number of carbonyl (C=O) groups is 1. The Labute approximate surface area is 137 Å². The highest BCUT2D eigenvalue weighted by Gasteiger charge is 2.25. The molecule has 4 heteroatoms. The minimum Gasteiger partial charge on any atom is -0.508 e. The van der Waals surface area contributed by atoms with E-state index in [1.54, 1.807) is 24.3 Å². The summed E-state index contributed by atoms with van der Waals surface area (Å²) in [6.07, 6.45) is 0. The van der Waals surface area contributed by atoms with Crippen molar-refractivity contribution < 1.29 is 19.7 Å². The van der Waals surface area contributed by atoms with Crippen LogP contribution in [0.15, 0.2) is 42.5 Å². The monoisotopic (exact) mass is 316 g/mol. The summed E-state index contributed by atoms with van der Waals surface area (Å²) in [5, 5.41) is 18.7. The summed E-state index contributed by atoms with van der Waals surface area (Å²) < 4.78 is 5.08. The molecule has 4 nitrogen and oxygen atoms in total.